The van der Waals surface area contributed by atoms with Crippen LogP contribution in [-0.2, 0) is 14.8 Å². The molecule has 2 aromatic rings. The topological polar surface area (TPSA) is 96.0 Å². The van der Waals surface area contributed by atoms with Crippen LogP contribution < -0.4 is 14.4 Å². The molecule has 0 aliphatic carbocycles. The molecule has 0 saturated carbocycles. The maximum atomic E-state index is 13.1. The monoisotopic (exact) mass is 457 g/mol. The summed E-state index contributed by atoms with van der Waals surface area (Å²) in [7, 11) is -3.54. The first-order valence-electron chi connectivity index (χ1n) is 10.7. The molecule has 9 heteroatoms. The minimum Gasteiger partial charge on any atom is -0.478 e. The van der Waals surface area contributed by atoms with Gasteiger partial charge < -0.3 is 15.0 Å². The summed E-state index contributed by atoms with van der Waals surface area (Å²) in [4.78, 5) is 27.8. The molecule has 2 aromatic carbocycles. The van der Waals surface area contributed by atoms with Gasteiger partial charge in [-0.3, -0.25) is 13.9 Å². The van der Waals surface area contributed by atoms with Crippen molar-refractivity contribution in [2.45, 2.75) is 32.3 Å². The van der Waals surface area contributed by atoms with Crippen molar-refractivity contribution in [2.75, 3.05) is 35.5 Å². The zero-order chi connectivity index (χ0) is 22.9. The zero-order valence-corrected chi connectivity index (χ0v) is 19.0. The van der Waals surface area contributed by atoms with Crippen molar-refractivity contribution >= 4 is 33.2 Å². The number of hydrogen-bond acceptors (Lipinski definition) is 5. The van der Waals surface area contributed by atoms with Crippen LogP contribution in [-0.4, -0.2) is 57.1 Å². The van der Waals surface area contributed by atoms with E-state index in [1.807, 2.05) is 13.0 Å². The number of nitrogens with zero attached hydrogens (tertiary/aromatic N) is 2. The third kappa shape index (κ3) is 4.57. The lowest BCUT2D eigenvalue weighted by Gasteiger charge is -2.21. The average molecular weight is 458 g/mol. The van der Waals surface area contributed by atoms with Gasteiger partial charge in [0.1, 0.15) is 5.75 Å². The van der Waals surface area contributed by atoms with Crippen LogP contribution in [0, 0.1) is 6.92 Å². The van der Waals surface area contributed by atoms with E-state index in [0.29, 0.717) is 35.8 Å². The van der Waals surface area contributed by atoms with Crippen LogP contribution in [0.1, 0.15) is 35.2 Å². The summed E-state index contributed by atoms with van der Waals surface area (Å²) in [5.74, 6) is -0.196. The van der Waals surface area contributed by atoms with Crippen LogP contribution in [0.15, 0.2) is 42.5 Å². The van der Waals surface area contributed by atoms with E-state index < -0.39 is 22.0 Å². The van der Waals surface area contributed by atoms with Gasteiger partial charge in [0, 0.05) is 26.1 Å². The second-order valence-corrected chi connectivity index (χ2v) is 10.1. The lowest BCUT2D eigenvalue weighted by molar-refractivity contribution is -0.122. The highest BCUT2D eigenvalue weighted by molar-refractivity contribution is 7.92. The Morgan fingerprint density at radius 1 is 1.06 bits per heavy atom. The summed E-state index contributed by atoms with van der Waals surface area (Å²) in [5, 5.41) is 2.83. The second-order valence-electron chi connectivity index (χ2n) is 8.24. The van der Waals surface area contributed by atoms with Crippen molar-refractivity contribution in [3.63, 3.8) is 0 Å². The minimum atomic E-state index is -3.54. The standard InChI is InChI=1S/C23H27N3O5S/c1-16-9-10-20-19(15-16)26(32(2,29)30)14-11-21(31-20)22(27)24-18-8-4-3-7-17(18)23(28)25-12-5-6-13-25/h3-4,7-10,15,21H,5-6,11-14H2,1-2H3,(H,24,27). The molecule has 1 N–H and O–H groups in total. The number of benzene rings is 2. The highest BCUT2D eigenvalue weighted by Gasteiger charge is 2.32. The third-order valence-corrected chi connectivity index (χ3v) is 6.93. The molecular weight excluding hydrogens is 430 g/mol. The first kappa shape index (κ1) is 22.1. The number of rotatable bonds is 4. The number of anilines is 2. The van der Waals surface area contributed by atoms with Crippen LogP contribution in [0.25, 0.3) is 0 Å². The van der Waals surface area contributed by atoms with Gasteiger partial charge in [-0.15, -0.1) is 0 Å². The van der Waals surface area contributed by atoms with Gasteiger partial charge in [-0.1, -0.05) is 18.2 Å². The van der Waals surface area contributed by atoms with Gasteiger partial charge in [0.25, 0.3) is 11.8 Å². The number of aryl methyl sites for hydroxylation is 1. The van der Waals surface area contributed by atoms with E-state index in [0.717, 1.165) is 24.7 Å². The molecule has 0 spiro atoms. The van der Waals surface area contributed by atoms with E-state index in [1.165, 1.54) is 4.31 Å². The number of carbonyl (C=O) groups is 2. The van der Waals surface area contributed by atoms with Crippen LogP contribution >= 0.6 is 0 Å². The van der Waals surface area contributed by atoms with Gasteiger partial charge in [0.2, 0.25) is 10.0 Å². The lowest BCUT2D eigenvalue weighted by Crippen LogP contribution is -2.36. The molecule has 4 rings (SSSR count). The van der Waals surface area contributed by atoms with Gasteiger partial charge in [0.15, 0.2) is 6.10 Å². The van der Waals surface area contributed by atoms with Crippen LogP contribution in [0.5, 0.6) is 5.75 Å². The first-order valence-corrected chi connectivity index (χ1v) is 12.5. The molecule has 2 heterocycles. The molecule has 8 nitrogen and oxygen atoms in total. The Labute approximate surface area is 188 Å². The Hall–Kier alpha value is -3.07. The number of sulfonamides is 1. The predicted molar refractivity (Wildman–Crippen MR) is 123 cm³/mol. The highest BCUT2D eigenvalue weighted by atomic mass is 32.2. The Morgan fingerprint density at radius 2 is 1.78 bits per heavy atom. The summed E-state index contributed by atoms with van der Waals surface area (Å²) >= 11 is 0. The maximum Gasteiger partial charge on any atom is 0.265 e. The van der Waals surface area contributed by atoms with Gasteiger partial charge >= 0.3 is 0 Å². The number of fused-ring (bicyclic) bond motifs is 1. The number of amides is 2. The molecular formula is C23H27N3O5S. The summed E-state index contributed by atoms with van der Waals surface area (Å²) in [5.41, 5.74) is 2.17. The second kappa shape index (κ2) is 8.82. The molecule has 32 heavy (non-hydrogen) atoms. The first-order chi connectivity index (χ1) is 15.2. The van der Waals surface area contributed by atoms with Crippen molar-refractivity contribution < 1.29 is 22.7 Å². The summed E-state index contributed by atoms with van der Waals surface area (Å²) in [6.07, 6.45) is 2.37. The Balaban J connectivity index is 1.57. The van der Waals surface area contributed by atoms with Gasteiger partial charge in [-0.25, -0.2) is 8.42 Å². The number of carbonyl (C=O) groups excluding carboxylic acids is 2. The summed E-state index contributed by atoms with van der Waals surface area (Å²) in [6, 6.07) is 12.1. The van der Waals surface area contributed by atoms with E-state index in [2.05, 4.69) is 5.32 Å². The van der Waals surface area contributed by atoms with Gasteiger partial charge in [0.05, 0.1) is 23.2 Å². The highest BCUT2D eigenvalue weighted by Crippen LogP contribution is 2.35. The largest absolute Gasteiger partial charge is 0.478 e. The third-order valence-electron chi connectivity index (χ3n) is 5.75. The quantitative estimate of drug-likeness (QED) is 0.762. The molecule has 170 valence electrons. The molecule has 2 aliphatic rings. The van der Waals surface area contributed by atoms with E-state index in [4.69, 9.17) is 4.74 Å². The molecule has 2 aliphatic heterocycles. The minimum absolute atomic E-state index is 0.107. The van der Waals surface area contributed by atoms with Crippen LogP contribution in [0.3, 0.4) is 0 Å². The fourth-order valence-corrected chi connectivity index (χ4v) is 5.04. The number of likely N-dealkylation sites (tertiary alicyclic amines) is 1. The predicted octanol–water partition coefficient (Wildman–Crippen LogP) is 2.79. The Morgan fingerprint density at radius 3 is 2.50 bits per heavy atom. The zero-order valence-electron chi connectivity index (χ0n) is 18.2. The molecule has 1 atom stereocenters. The number of hydrogen-bond donors (Lipinski definition) is 1. The van der Waals surface area contributed by atoms with Crippen LogP contribution in [0.4, 0.5) is 11.4 Å². The SMILES string of the molecule is Cc1ccc2c(c1)N(S(C)(=O)=O)CCC(C(=O)Nc1ccccc1C(=O)N1CCCC1)O2. The lowest BCUT2D eigenvalue weighted by atomic mass is 10.1. The maximum absolute atomic E-state index is 13.1. The summed E-state index contributed by atoms with van der Waals surface area (Å²) in [6.45, 7) is 3.40. The molecule has 0 aromatic heterocycles. The van der Waals surface area contributed by atoms with E-state index in [9.17, 15) is 18.0 Å². The van der Waals surface area contributed by atoms with Crippen LogP contribution in [0.2, 0.25) is 0 Å². The van der Waals surface area contributed by atoms with Gasteiger partial charge in [-0.05, 0) is 49.6 Å². The number of nitrogens with one attached hydrogen (secondary N) is 1. The van der Waals surface area contributed by atoms with E-state index in [1.54, 1.807) is 41.3 Å². The van der Waals surface area contributed by atoms with Crippen molar-refractivity contribution in [3.8, 4) is 5.75 Å². The molecule has 1 saturated heterocycles. The van der Waals surface area contributed by atoms with Crippen molar-refractivity contribution in [1.82, 2.24) is 4.90 Å². The van der Waals surface area contributed by atoms with E-state index >= 15 is 0 Å². The number of para-hydroxylation sites is 1. The Bertz CT molecular complexity index is 1140. The normalized spacial score (nSPS) is 18.5. The molecule has 0 bridgehead atoms. The van der Waals surface area contributed by atoms with Crippen molar-refractivity contribution in [1.29, 1.82) is 0 Å². The molecule has 0 radical (unpaired) electrons. The number of ether oxygens (including phenoxy) is 1. The molecule has 1 unspecified atom stereocenters. The molecule has 1 fully saturated rings. The van der Waals surface area contributed by atoms with E-state index in [-0.39, 0.29) is 18.9 Å². The van der Waals surface area contributed by atoms with Crippen molar-refractivity contribution in [2.24, 2.45) is 0 Å². The van der Waals surface area contributed by atoms with Crippen molar-refractivity contribution in [3.05, 3.63) is 53.6 Å². The molecule has 2 amide bonds. The summed E-state index contributed by atoms with van der Waals surface area (Å²) < 4.78 is 31.9. The van der Waals surface area contributed by atoms with Gasteiger partial charge in [-0.2, -0.15) is 0 Å². The fraction of sp³-hybridized carbons (Fsp3) is 0.391. The smallest absolute Gasteiger partial charge is 0.265 e. The Kier molecular flexibility index (Phi) is 6.10. The fourth-order valence-electron chi connectivity index (χ4n) is 4.10. The average Bonchev–Trinajstić information content (AvgIpc) is 3.21.